The van der Waals surface area contributed by atoms with Crippen LogP contribution in [0.2, 0.25) is 0 Å². The maximum Gasteiger partial charge on any atom is 0.340 e. The molecule has 3 rings (SSSR count). The Bertz CT molecular complexity index is 975. The second-order valence-corrected chi connectivity index (χ2v) is 7.16. The fraction of sp³-hybridized carbons (Fsp3) is 0.348. The van der Waals surface area contributed by atoms with E-state index in [1.807, 2.05) is 57.1 Å². The summed E-state index contributed by atoms with van der Waals surface area (Å²) in [5.41, 5.74) is 4.36. The van der Waals surface area contributed by atoms with Gasteiger partial charge in [-0.3, -0.25) is 0 Å². The average molecular weight is 380 g/mol. The maximum absolute atomic E-state index is 12.9. The van der Waals surface area contributed by atoms with Crippen LogP contribution in [0.25, 0.3) is 10.9 Å². The number of aromatic hydroxyl groups is 1. The summed E-state index contributed by atoms with van der Waals surface area (Å²) in [5, 5.41) is 11.4. The molecule has 0 bridgehead atoms. The van der Waals surface area contributed by atoms with Crippen molar-refractivity contribution < 1.29 is 14.6 Å². The molecule has 0 aliphatic rings. The lowest BCUT2D eigenvalue weighted by Gasteiger charge is -2.14. The van der Waals surface area contributed by atoms with Gasteiger partial charge in [-0.25, -0.2) is 4.79 Å². The van der Waals surface area contributed by atoms with E-state index >= 15 is 0 Å². The minimum atomic E-state index is -0.332. The Morgan fingerprint density at radius 3 is 2.43 bits per heavy atom. The van der Waals surface area contributed by atoms with E-state index in [2.05, 4.69) is 16.7 Å². The molecule has 0 saturated carbocycles. The zero-order valence-corrected chi connectivity index (χ0v) is 17.0. The Morgan fingerprint density at radius 2 is 1.82 bits per heavy atom. The van der Waals surface area contributed by atoms with Crippen molar-refractivity contribution in [2.75, 3.05) is 20.7 Å². The van der Waals surface area contributed by atoms with Crippen LogP contribution in [0.5, 0.6) is 5.75 Å². The van der Waals surface area contributed by atoms with E-state index in [-0.39, 0.29) is 11.7 Å². The number of phenols is 1. The first kappa shape index (κ1) is 20.0. The number of carbonyl (C=O) groups excluding carboxylic acids is 1. The van der Waals surface area contributed by atoms with Gasteiger partial charge in [0, 0.05) is 29.7 Å². The molecule has 1 heterocycles. The van der Waals surface area contributed by atoms with Crippen molar-refractivity contribution in [2.24, 2.45) is 0 Å². The molecule has 0 spiro atoms. The van der Waals surface area contributed by atoms with Crippen LogP contribution in [0, 0.1) is 0 Å². The highest BCUT2D eigenvalue weighted by molar-refractivity contribution is 6.08. The van der Waals surface area contributed by atoms with E-state index in [0.29, 0.717) is 31.7 Å². The smallest absolute Gasteiger partial charge is 0.340 e. The minimum Gasteiger partial charge on any atom is -0.508 e. The molecule has 0 aliphatic heterocycles. The Kier molecular flexibility index (Phi) is 6.05. The van der Waals surface area contributed by atoms with Crippen molar-refractivity contribution in [3.8, 4) is 5.75 Å². The standard InChI is InChI=1S/C23H28N2O3/c1-5-18-22(23(27)28-6-2)21-17(15-24(3)4)20(26)13-12-19(21)25(18)14-16-10-8-7-9-11-16/h7-13,26H,5-6,14-15H2,1-4H3. The highest BCUT2D eigenvalue weighted by Gasteiger charge is 2.26. The molecule has 28 heavy (non-hydrogen) atoms. The van der Waals surface area contributed by atoms with Crippen LogP contribution in [-0.2, 0) is 24.2 Å². The second-order valence-electron chi connectivity index (χ2n) is 7.16. The summed E-state index contributed by atoms with van der Waals surface area (Å²) in [6, 6.07) is 13.8. The van der Waals surface area contributed by atoms with Crippen molar-refractivity contribution in [2.45, 2.75) is 33.4 Å². The number of rotatable bonds is 7. The molecule has 5 nitrogen and oxygen atoms in total. The third-order valence-corrected chi connectivity index (χ3v) is 4.89. The van der Waals surface area contributed by atoms with Gasteiger partial charge in [-0.15, -0.1) is 0 Å². The molecule has 5 heteroatoms. The zero-order chi connectivity index (χ0) is 20.3. The molecule has 0 unspecified atom stereocenters. The Morgan fingerprint density at radius 1 is 1.11 bits per heavy atom. The van der Waals surface area contributed by atoms with Crippen molar-refractivity contribution in [3.63, 3.8) is 0 Å². The van der Waals surface area contributed by atoms with Gasteiger partial charge in [0.15, 0.2) is 0 Å². The number of phenolic OH excluding ortho intramolecular Hbond substituents is 1. The molecule has 0 atom stereocenters. The first-order valence-corrected chi connectivity index (χ1v) is 9.69. The van der Waals surface area contributed by atoms with E-state index in [1.165, 1.54) is 0 Å². The Hall–Kier alpha value is -2.79. The van der Waals surface area contributed by atoms with Crippen molar-refractivity contribution in [1.29, 1.82) is 0 Å². The predicted molar refractivity (Wildman–Crippen MR) is 112 cm³/mol. The van der Waals surface area contributed by atoms with E-state index in [1.54, 1.807) is 6.07 Å². The number of ether oxygens (including phenoxy) is 1. The average Bonchev–Trinajstić information content (AvgIpc) is 2.98. The fourth-order valence-electron chi connectivity index (χ4n) is 3.77. The van der Waals surface area contributed by atoms with Gasteiger partial charge < -0.3 is 19.3 Å². The number of benzene rings is 2. The van der Waals surface area contributed by atoms with Crippen LogP contribution < -0.4 is 0 Å². The van der Waals surface area contributed by atoms with Crippen molar-refractivity contribution in [1.82, 2.24) is 9.47 Å². The van der Waals surface area contributed by atoms with E-state index < -0.39 is 0 Å². The third-order valence-electron chi connectivity index (χ3n) is 4.89. The van der Waals surface area contributed by atoms with Crippen molar-refractivity contribution in [3.05, 3.63) is 64.8 Å². The van der Waals surface area contributed by atoms with Gasteiger partial charge in [0.2, 0.25) is 0 Å². The van der Waals surface area contributed by atoms with Crippen LogP contribution >= 0.6 is 0 Å². The molecule has 0 fully saturated rings. The van der Waals surface area contributed by atoms with Crippen LogP contribution in [-0.4, -0.2) is 41.2 Å². The highest BCUT2D eigenvalue weighted by Crippen LogP contribution is 2.36. The monoisotopic (exact) mass is 380 g/mol. The Balaban J connectivity index is 2.32. The molecule has 1 N–H and O–H groups in total. The summed E-state index contributed by atoms with van der Waals surface area (Å²) in [4.78, 5) is 14.9. The highest BCUT2D eigenvalue weighted by atomic mass is 16.5. The lowest BCUT2D eigenvalue weighted by molar-refractivity contribution is 0.0527. The quantitative estimate of drug-likeness (QED) is 0.624. The van der Waals surface area contributed by atoms with Gasteiger partial charge in [-0.2, -0.15) is 0 Å². The van der Waals surface area contributed by atoms with Crippen molar-refractivity contribution >= 4 is 16.9 Å². The molecule has 2 aromatic carbocycles. The lowest BCUT2D eigenvalue weighted by Crippen LogP contribution is -2.13. The van der Waals surface area contributed by atoms with Gasteiger partial charge >= 0.3 is 5.97 Å². The van der Waals surface area contributed by atoms with Crippen LogP contribution in [0.3, 0.4) is 0 Å². The molecule has 0 saturated heterocycles. The van der Waals surface area contributed by atoms with Gasteiger partial charge in [-0.05, 0) is 45.1 Å². The summed E-state index contributed by atoms with van der Waals surface area (Å²) in [5.74, 6) is -0.131. The van der Waals surface area contributed by atoms with E-state index in [9.17, 15) is 9.90 Å². The van der Waals surface area contributed by atoms with Gasteiger partial charge in [0.1, 0.15) is 5.75 Å². The first-order chi connectivity index (χ1) is 13.5. The number of fused-ring (bicyclic) bond motifs is 1. The molecule has 0 aliphatic carbocycles. The molecular weight excluding hydrogens is 352 g/mol. The van der Waals surface area contributed by atoms with Gasteiger partial charge in [0.25, 0.3) is 0 Å². The van der Waals surface area contributed by atoms with E-state index in [0.717, 1.165) is 27.7 Å². The topological polar surface area (TPSA) is 54.7 Å². The maximum atomic E-state index is 12.9. The lowest BCUT2D eigenvalue weighted by atomic mass is 10.0. The van der Waals surface area contributed by atoms with Crippen LogP contribution in [0.4, 0.5) is 0 Å². The van der Waals surface area contributed by atoms with Gasteiger partial charge in [-0.1, -0.05) is 37.3 Å². The number of carbonyl (C=O) groups is 1. The largest absolute Gasteiger partial charge is 0.508 e. The molecule has 0 radical (unpaired) electrons. The number of hydrogen-bond acceptors (Lipinski definition) is 4. The number of aromatic nitrogens is 1. The summed E-state index contributed by atoms with van der Waals surface area (Å²) in [6.07, 6.45) is 0.692. The number of hydrogen-bond donors (Lipinski definition) is 1. The second kappa shape index (κ2) is 8.48. The normalized spacial score (nSPS) is 11.3. The fourth-order valence-corrected chi connectivity index (χ4v) is 3.77. The summed E-state index contributed by atoms with van der Waals surface area (Å²) >= 11 is 0. The summed E-state index contributed by atoms with van der Waals surface area (Å²) in [7, 11) is 3.90. The minimum absolute atomic E-state index is 0.200. The van der Waals surface area contributed by atoms with Crippen LogP contribution in [0.15, 0.2) is 42.5 Å². The van der Waals surface area contributed by atoms with E-state index in [4.69, 9.17) is 4.74 Å². The summed E-state index contributed by atoms with van der Waals surface area (Å²) < 4.78 is 7.57. The SMILES string of the molecule is CCOC(=O)c1c(CC)n(Cc2ccccc2)c2ccc(O)c(CN(C)C)c12. The Labute approximate surface area is 166 Å². The molecular formula is C23H28N2O3. The zero-order valence-electron chi connectivity index (χ0n) is 17.0. The third kappa shape index (κ3) is 3.76. The van der Waals surface area contributed by atoms with Gasteiger partial charge in [0.05, 0.1) is 17.7 Å². The molecule has 1 aromatic heterocycles. The number of esters is 1. The molecule has 148 valence electrons. The first-order valence-electron chi connectivity index (χ1n) is 9.69. The number of nitrogens with zero attached hydrogens (tertiary/aromatic N) is 2. The predicted octanol–water partition coefficient (Wildman–Crippen LogP) is 4.20. The van der Waals surface area contributed by atoms with Crippen LogP contribution in [0.1, 0.15) is 41.0 Å². The molecule has 3 aromatic rings. The molecule has 0 amide bonds. The summed E-state index contributed by atoms with van der Waals surface area (Å²) in [6.45, 7) is 5.37.